The molecule has 0 spiro atoms. The molecule has 2 heterocycles. The molecule has 0 radical (unpaired) electrons. The number of benzene rings is 1. The van der Waals surface area contributed by atoms with Gasteiger partial charge in [-0.3, -0.25) is 9.59 Å². The number of anilines is 1. The van der Waals surface area contributed by atoms with Gasteiger partial charge in [0.05, 0.1) is 11.6 Å². The minimum Gasteiger partial charge on any atom is -0.323 e. The lowest BCUT2D eigenvalue weighted by Gasteiger charge is -2.12. The zero-order valence-corrected chi connectivity index (χ0v) is 14.4. The summed E-state index contributed by atoms with van der Waals surface area (Å²) in [6.45, 7) is 2.18. The van der Waals surface area contributed by atoms with Gasteiger partial charge in [-0.1, -0.05) is 24.3 Å². The zero-order chi connectivity index (χ0) is 16.2. The third-order valence-corrected chi connectivity index (χ3v) is 5.44. The van der Waals surface area contributed by atoms with Crippen molar-refractivity contribution < 1.29 is 9.59 Å². The van der Waals surface area contributed by atoms with Gasteiger partial charge in [-0.05, 0) is 18.1 Å². The second kappa shape index (κ2) is 7.14. The van der Waals surface area contributed by atoms with Crippen molar-refractivity contribution in [1.29, 1.82) is 0 Å². The monoisotopic (exact) mass is 347 g/mol. The molecule has 1 fully saturated rings. The molecule has 0 unspecified atom stereocenters. The topological polar surface area (TPSA) is 62.3 Å². The molecule has 1 saturated heterocycles. The Balaban J connectivity index is 1.58. The van der Waals surface area contributed by atoms with E-state index in [0.717, 1.165) is 11.3 Å². The summed E-state index contributed by atoms with van der Waals surface area (Å²) in [6.07, 6.45) is 2.60. The van der Waals surface area contributed by atoms with E-state index in [1.807, 2.05) is 12.1 Å². The van der Waals surface area contributed by atoms with Crippen molar-refractivity contribution in [3.05, 3.63) is 46.5 Å². The van der Waals surface area contributed by atoms with Crippen molar-refractivity contribution in [2.45, 2.75) is 13.3 Å². The Morgan fingerprint density at radius 2 is 2.22 bits per heavy atom. The van der Waals surface area contributed by atoms with Gasteiger partial charge in [0, 0.05) is 17.5 Å². The third kappa shape index (κ3) is 4.11. The first-order chi connectivity index (χ1) is 11.1. The number of carbonyl (C=O) groups excluding carboxylic acids is 2. The number of aryl methyl sites for hydroxylation is 1. The molecule has 1 aliphatic heterocycles. The lowest BCUT2D eigenvalue weighted by molar-refractivity contribution is -0.130. The lowest BCUT2D eigenvalue weighted by atomic mass is 10.1. The molecule has 0 atom stereocenters. The number of thiazole rings is 1. The molecule has 1 N–H and O–H groups in total. The van der Waals surface area contributed by atoms with Crippen molar-refractivity contribution in [1.82, 2.24) is 9.88 Å². The van der Waals surface area contributed by atoms with E-state index in [4.69, 9.17) is 0 Å². The summed E-state index contributed by atoms with van der Waals surface area (Å²) in [5.41, 5.74) is 2.50. The minimum absolute atomic E-state index is 0.0181. The summed E-state index contributed by atoms with van der Waals surface area (Å²) in [6, 6.07) is 8.24. The van der Waals surface area contributed by atoms with Gasteiger partial charge in [0.1, 0.15) is 6.54 Å². The standard InChI is InChI=1S/C16H17N3O2S2/c1-11-4-2-3-5-12(11)6-13-7-17-16(23-13)18-14(20)8-19-10-22-9-15(19)21/h2-5,7H,6,8-10H2,1H3,(H,17,18,20). The van der Waals surface area contributed by atoms with Crippen molar-refractivity contribution in [3.63, 3.8) is 0 Å². The van der Waals surface area contributed by atoms with Crippen LogP contribution in [0.1, 0.15) is 16.0 Å². The second-order valence-electron chi connectivity index (χ2n) is 5.35. The number of thioether (sulfide) groups is 1. The number of nitrogens with one attached hydrogen (secondary N) is 1. The first-order valence-corrected chi connectivity index (χ1v) is 9.23. The number of hydrogen-bond acceptors (Lipinski definition) is 5. The van der Waals surface area contributed by atoms with E-state index in [0.29, 0.717) is 16.8 Å². The van der Waals surface area contributed by atoms with Gasteiger partial charge >= 0.3 is 0 Å². The molecule has 1 aromatic carbocycles. The molecule has 5 nitrogen and oxygen atoms in total. The summed E-state index contributed by atoms with van der Waals surface area (Å²) in [4.78, 5) is 30.4. The summed E-state index contributed by atoms with van der Waals surface area (Å²) >= 11 is 3.00. The summed E-state index contributed by atoms with van der Waals surface area (Å²) in [5, 5.41) is 3.36. The fourth-order valence-electron chi connectivity index (χ4n) is 2.32. The molecule has 2 amide bonds. The predicted molar refractivity (Wildman–Crippen MR) is 93.8 cm³/mol. The zero-order valence-electron chi connectivity index (χ0n) is 12.7. The Kier molecular flexibility index (Phi) is 4.97. The molecule has 3 rings (SSSR count). The number of hydrogen-bond donors (Lipinski definition) is 1. The Morgan fingerprint density at radius 3 is 2.96 bits per heavy atom. The average molecular weight is 347 g/mol. The van der Waals surface area contributed by atoms with E-state index in [1.54, 1.807) is 11.1 Å². The SMILES string of the molecule is Cc1ccccc1Cc1cnc(NC(=O)CN2CSCC2=O)s1. The van der Waals surface area contributed by atoms with E-state index in [9.17, 15) is 9.59 Å². The molecule has 23 heavy (non-hydrogen) atoms. The fourth-order valence-corrected chi connectivity index (χ4v) is 4.07. The van der Waals surface area contributed by atoms with Crippen LogP contribution >= 0.6 is 23.1 Å². The Hall–Kier alpha value is -1.86. The lowest BCUT2D eigenvalue weighted by Crippen LogP contribution is -2.34. The van der Waals surface area contributed by atoms with Gasteiger partial charge in [0.2, 0.25) is 11.8 Å². The molecule has 1 aromatic heterocycles. The van der Waals surface area contributed by atoms with E-state index in [1.165, 1.54) is 34.2 Å². The maximum absolute atomic E-state index is 12.0. The predicted octanol–water partition coefficient (Wildman–Crippen LogP) is 2.51. The smallest absolute Gasteiger partial charge is 0.245 e. The largest absolute Gasteiger partial charge is 0.323 e. The number of amides is 2. The normalized spacial score (nSPS) is 14.3. The van der Waals surface area contributed by atoms with Gasteiger partial charge in [-0.25, -0.2) is 4.98 Å². The highest BCUT2D eigenvalue weighted by Crippen LogP contribution is 2.22. The van der Waals surface area contributed by atoms with Crippen molar-refractivity contribution >= 4 is 40.0 Å². The molecular weight excluding hydrogens is 330 g/mol. The highest BCUT2D eigenvalue weighted by molar-refractivity contribution is 8.00. The number of nitrogens with zero attached hydrogens (tertiary/aromatic N) is 2. The molecule has 2 aromatic rings. The van der Waals surface area contributed by atoms with Crippen LogP contribution in [-0.4, -0.2) is 39.9 Å². The highest BCUT2D eigenvalue weighted by atomic mass is 32.2. The molecular formula is C16H17N3O2S2. The molecule has 120 valence electrons. The van der Waals surface area contributed by atoms with E-state index >= 15 is 0 Å². The van der Waals surface area contributed by atoms with Crippen LogP contribution in [0.5, 0.6) is 0 Å². The van der Waals surface area contributed by atoms with Gasteiger partial charge in [-0.15, -0.1) is 23.1 Å². The fraction of sp³-hybridized carbons (Fsp3) is 0.312. The molecule has 0 aliphatic carbocycles. The Labute approximate surface area is 143 Å². The number of rotatable bonds is 5. The van der Waals surface area contributed by atoms with Gasteiger partial charge < -0.3 is 10.2 Å². The second-order valence-corrected chi connectivity index (χ2v) is 7.42. The molecule has 0 bridgehead atoms. The minimum atomic E-state index is -0.197. The maximum atomic E-state index is 12.0. The Morgan fingerprint density at radius 1 is 1.39 bits per heavy atom. The van der Waals surface area contributed by atoms with Crippen LogP contribution in [-0.2, 0) is 16.0 Å². The first-order valence-electron chi connectivity index (χ1n) is 7.26. The van der Waals surface area contributed by atoms with Crippen LogP contribution < -0.4 is 5.32 Å². The van der Waals surface area contributed by atoms with Crippen LogP contribution in [0.15, 0.2) is 30.5 Å². The average Bonchev–Trinajstić information content (AvgIpc) is 3.11. The van der Waals surface area contributed by atoms with E-state index in [-0.39, 0.29) is 18.4 Å². The summed E-state index contributed by atoms with van der Waals surface area (Å²) in [7, 11) is 0. The molecule has 7 heteroatoms. The molecule has 0 saturated carbocycles. The van der Waals surface area contributed by atoms with Gasteiger partial charge in [-0.2, -0.15) is 0 Å². The molecule has 1 aliphatic rings. The number of aromatic nitrogens is 1. The number of carbonyl (C=O) groups is 2. The van der Waals surface area contributed by atoms with Crippen molar-refractivity contribution in [2.75, 3.05) is 23.5 Å². The van der Waals surface area contributed by atoms with Gasteiger partial charge in [0.15, 0.2) is 5.13 Å². The van der Waals surface area contributed by atoms with Crippen LogP contribution in [0.25, 0.3) is 0 Å². The van der Waals surface area contributed by atoms with E-state index < -0.39 is 0 Å². The summed E-state index contributed by atoms with van der Waals surface area (Å²) < 4.78 is 0. The van der Waals surface area contributed by atoms with Crippen LogP contribution in [0.2, 0.25) is 0 Å². The van der Waals surface area contributed by atoms with Gasteiger partial charge in [0.25, 0.3) is 0 Å². The van der Waals surface area contributed by atoms with Crippen molar-refractivity contribution in [2.24, 2.45) is 0 Å². The maximum Gasteiger partial charge on any atom is 0.245 e. The van der Waals surface area contributed by atoms with Crippen molar-refractivity contribution in [3.8, 4) is 0 Å². The highest BCUT2D eigenvalue weighted by Gasteiger charge is 2.23. The van der Waals surface area contributed by atoms with Crippen LogP contribution in [0.4, 0.5) is 5.13 Å². The van der Waals surface area contributed by atoms with Crippen LogP contribution in [0.3, 0.4) is 0 Å². The van der Waals surface area contributed by atoms with Crippen LogP contribution in [0, 0.1) is 6.92 Å². The Bertz CT molecular complexity index is 730. The quantitative estimate of drug-likeness (QED) is 0.903. The summed E-state index contributed by atoms with van der Waals surface area (Å²) in [5.74, 6) is 0.871. The van der Waals surface area contributed by atoms with E-state index in [2.05, 4.69) is 29.4 Å². The third-order valence-electron chi connectivity index (χ3n) is 3.59. The first kappa shape index (κ1) is 16.0.